The minimum absolute atomic E-state index is 0.0130. The van der Waals surface area contributed by atoms with Crippen LogP contribution < -0.4 is 0 Å². The summed E-state index contributed by atoms with van der Waals surface area (Å²) in [5.74, 6) is 0.350. The van der Waals surface area contributed by atoms with Crippen molar-refractivity contribution in [2.24, 2.45) is 28.6 Å². The summed E-state index contributed by atoms with van der Waals surface area (Å²) >= 11 is 2.86. The fourth-order valence-electron chi connectivity index (χ4n) is 8.44. The van der Waals surface area contributed by atoms with E-state index in [-0.39, 0.29) is 46.3 Å². The number of fused-ring (bicyclic) bond motifs is 6. The molecule has 39 heavy (non-hydrogen) atoms. The first kappa shape index (κ1) is 27.1. The molecular weight excluding hydrogens is 530 g/mol. The molecular formula is C31H35NO5S2. The summed E-state index contributed by atoms with van der Waals surface area (Å²) in [6.07, 6.45) is 8.29. The van der Waals surface area contributed by atoms with Gasteiger partial charge in [0.15, 0.2) is 15.9 Å². The Morgan fingerprint density at radius 3 is 2.79 bits per heavy atom. The van der Waals surface area contributed by atoms with Gasteiger partial charge in [-0.15, -0.1) is 11.3 Å². The quantitative estimate of drug-likeness (QED) is 0.470. The lowest BCUT2D eigenvalue weighted by Gasteiger charge is -2.59. The summed E-state index contributed by atoms with van der Waals surface area (Å²) in [5.41, 5.74) is 0.338. The Morgan fingerprint density at radius 1 is 1.23 bits per heavy atom. The van der Waals surface area contributed by atoms with Gasteiger partial charge in [-0.1, -0.05) is 43.3 Å². The summed E-state index contributed by atoms with van der Waals surface area (Å²) in [6.45, 7) is 5.72. The molecule has 0 saturated heterocycles. The summed E-state index contributed by atoms with van der Waals surface area (Å²) in [5, 5.41) is 23.6. The van der Waals surface area contributed by atoms with Crippen LogP contribution in [0.25, 0.3) is 10.2 Å². The van der Waals surface area contributed by atoms with E-state index in [2.05, 4.69) is 11.9 Å². The largest absolute Gasteiger partial charge is 0.393 e. The van der Waals surface area contributed by atoms with E-state index in [4.69, 9.17) is 0 Å². The normalized spacial score (nSPS) is 37.3. The molecule has 0 bridgehead atoms. The van der Waals surface area contributed by atoms with Gasteiger partial charge in [-0.2, -0.15) is 0 Å². The van der Waals surface area contributed by atoms with Crippen molar-refractivity contribution < 1.29 is 24.6 Å². The third kappa shape index (κ3) is 4.21. The zero-order chi connectivity index (χ0) is 27.7. The Balaban J connectivity index is 1.20. The molecule has 3 saturated carbocycles. The maximum atomic E-state index is 13.7. The van der Waals surface area contributed by atoms with Gasteiger partial charge in [0.1, 0.15) is 11.4 Å². The van der Waals surface area contributed by atoms with E-state index >= 15 is 0 Å². The van der Waals surface area contributed by atoms with Gasteiger partial charge in [0.25, 0.3) is 0 Å². The van der Waals surface area contributed by atoms with Gasteiger partial charge in [0, 0.05) is 23.2 Å². The number of benzene rings is 1. The minimum atomic E-state index is -1.49. The number of hydrogen-bond acceptors (Lipinski definition) is 8. The van der Waals surface area contributed by atoms with Crippen LogP contribution in [-0.4, -0.2) is 50.0 Å². The van der Waals surface area contributed by atoms with Gasteiger partial charge in [0.05, 0.1) is 22.1 Å². The van der Waals surface area contributed by atoms with E-state index in [1.54, 1.807) is 19.1 Å². The Hall–Kier alpha value is -2.13. The van der Waals surface area contributed by atoms with Gasteiger partial charge in [-0.3, -0.25) is 14.4 Å². The summed E-state index contributed by atoms with van der Waals surface area (Å²) in [6, 6.07) is 5.81. The molecule has 206 valence electrons. The molecule has 6 rings (SSSR count). The topological polar surface area (TPSA) is 105 Å². The zero-order valence-corrected chi connectivity index (χ0v) is 24.2. The van der Waals surface area contributed by atoms with Crippen molar-refractivity contribution in [3.8, 4) is 0 Å². The molecule has 1 aromatic heterocycles. The molecule has 4 aliphatic carbocycles. The maximum Gasteiger partial charge on any atom is 0.178 e. The molecule has 2 aromatic rings. The number of carbonyl (C=O) groups is 3. The molecule has 1 heterocycles. The smallest absolute Gasteiger partial charge is 0.178 e. The number of ketones is 3. The lowest BCUT2D eigenvalue weighted by Crippen LogP contribution is -2.61. The second kappa shape index (κ2) is 9.47. The number of rotatable bonds is 6. The fraction of sp³-hybridized carbons (Fsp3) is 0.548. The average Bonchev–Trinajstić information content (AvgIpc) is 3.40. The van der Waals surface area contributed by atoms with Crippen LogP contribution in [0.5, 0.6) is 0 Å². The standard InChI is InChI=1S/C31H35NO5S2/c1-17(33)12-18-4-7-23-25(13-18)39-28(32-23)38-16-26(36)31(37)11-9-22-21-6-5-19-14-20(34)8-10-29(19,2)27(21)24(35)15-30(22,31)3/h4,7-8,10,13-14,21-22,24,27,35,37H,5-6,9,11-12,15-16H2,1-3H3/t21?,22?,24?,27?,29?,30?,31-/m0/s1. The number of thiazole rings is 1. The SMILES string of the molecule is CC(=O)Cc1ccc2nc(SCC(=O)[C@@]3(O)CCC4C5CCC6=CC(=O)C=CC6(C)C5C(O)CC43C)sc2c1. The maximum absolute atomic E-state index is 13.7. The highest BCUT2D eigenvalue weighted by Crippen LogP contribution is 2.67. The van der Waals surface area contributed by atoms with Crippen LogP contribution in [0.3, 0.4) is 0 Å². The van der Waals surface area contributed by atoms with Crippen LogP contribution in [0.15, 0.2) is 46.3 Å². The van der Waals surface area contributed by atoms with Crippen LogP contribution in [0.1, 0.15) is 58.4 Å². The van der Waals surface area contributed by atoms with Crippen molar-refractivity contribution in [3.63, 3.8) is 0 Å². The van der Waals surface area contributed by atoms with Crippen LogP contribution >= 0.6 is 23.1 Å². The average molecular weight is 566 g/mol. The van der Waals surface area contributed by atoms with Crippen LogP contribution in [0.4, 0.5) is 0 Å². The number of carbonyl (C=O) groups excluding carboxylic acids is 3. The molecule has 0 spiro atoms. The summed E-state index contributed by atoms with van der Waals surface area (Å²) in [4.78, 5) is 41.9. The predicted octanol–water partition coefficient (Wildman–Crippen LogP) is 5.10. The fourth-order valence-corrected chi connectivity index (χ4v) is 10.5. The number of Topliss-reactive ketones (excluding diaryl/α,β-unsaturated/α-hetero) is 2. The minimum Gasteiger partial charge on any atom is -0.393 e. The van der Waals surface area contributed by atoms with Crippen molar-refractivity contribution in [3.05, 3.63) is 47.6 Å². The Morgan fingerprint density at radius 2 is 2.03 bits per heavy atom. The van der Waals surface area contributed by atoms with E-state index in [1.165, 1.54) is 23.1 Å². The van der Waals surface area contributed by atoms with Gasteiger partial charge >= 0.3 is 0 Å². The van der Waals surface area contributed by atoms with Crippen molar-refractivity contribution in [1.29, 1.82) is 0 Å². The number of aliphatic hydroxyl groups is 2. The first-order valence-corrected chi connectivity index (χ1v) is 15.6. The van der Waals surface area contributed by atoms with Gasteiger partial charge < -0.3 is 10.2 Å². The highest BCUT2D eigenvalue weighted by Gasteiger charge is 2.68. The van der Waals surface area contributed by atoms with E-state index in [0.717, 1.165) is 45.0 Å². The molecule has 1 aromatic carbocycles. The van der Waals surface area contributed by atoms with Crippen molar-refractivity contribution >= 4 is 50.7 Å². The number of aliphatic hydroxyl groups excluding tert-OH is 1. The van der Waals surface area contributed by atoms with E-state index < -0.39 is 17.1 Å². The van der Waals surface area contributed by atoms with Crippen LogP contribution in [-0.2, 0) is 20.8 Å². The number of allylic oxidation sites excluding steroid dienone is 4. The van der Waals surface area contributed by atoms with Crippen molar-refractivity contribution in [2.45, 2.75) is 75.3 Å². The van der Waals surface area contributed by atoms with Gasteiger partial charge in [0.2, 0.25) is 0 Å². The van der Waals surface area contributed by atoms with Crippen molar-refractivity contribution in [2.75, 3.05) is 5.75 Å². The lowest BCUT2D eigenvalue weighted by molar-refractivity contribution is -0.174. The third-order valence-electron chi connectivity index (χ3n) is 10.3. The molecule has 7 atom stereocenters. The number of hydrogen-bond donors (Lipinski definition) is 2. The molecule has 0 amide bonds. The molecule has 3 fully saturated rings. The zero-order valence-electron chi connectivity index (χ0n) is 22.6. The van der Waals surface area contributed by atoms with Crippen LogP contribution in [0.2, 0.25) is 0 Å². The van der Waals surface area contributed by atoms with E-state index in [0.29, 0.717) is 19.3 Å². The van der Waals surface area contributed by atoms with Gasteiger partial charge in [-0.25, -0.2) is 4.98 Å². The first-order chi connectivity index (χ1) is 18.4. The molecule has 0 radical (unpaired) electrons. The Kier molecular flexibility index (Phi) is 6.57. The van der Waals surface area contributed by atoms with Gasteiger partial charge in [-0.05, 0) is 80.7 Å². The Bertz CT molecular complexity index is 1440. The van der Waals surface area contributed by atoms with E-state index in [9.17, 15) is 24.6 Å². The number of aromatic nitrogens is 1. The van der Waals surface area contributed by atoms with Crippen LogP contribution in [0, 0.1) is 28.6 Å². The van der Waals surface area contributed by atoms with Crippen molar-refractivity contribution in [1.82, 2.24) is 4.98 Å². The molecule has 2 N–H and O–H groups in total. The summed E-state index contributed by atoms with van der Waals surface area (Å²) < 4.78 is 1.75. The molecule has 8 heteroatoms. The monoisotopic (exact) mass is 565 g/mol. The third-order valence-corrected chi connectivity index (χ3v) is 12.5. The number of thioether (sulfide) groups is 1. The Labute approximate surface area is 237 Å². The summed E-state index contributed by atoms with van der Waals surface area (Å²) in [7, 11) is 0. The molecule has 6 nitrogen and oxygen atoms in total. The number of nitrogens with zero attached hydrogens (tertiary/aromatic N) is 1. The molecule has 6 unspecified atom stereocenters. The second-order valence-electron chi connectivity index (χ2n) is 12.5. The lowest BCUT2D eigenvalue weighted by atomic mass is 9.46. The highest BCUT2D eigenvalue weighted by molar-refractivity contribution is 8.01. The molecule has 4 aliphatic rings. The molecule has 0 aliphatic heterocycles. The van der Waals surface area contributed by atoms with E-state index in [1.807, 2.05) is 31.2 Å². The predicted molar refractivity (Wildman–Crippen MR) is 153 cm³/mol. The first-order valence-electron chi connectivity index (χ1n) is 13.8. The second-order valence-corrected chi connectivity index (χ2v) is 14.7. The highest BCUT2D eigenvalue weighted by atomic mass is 32.2.